The number of nitrogen functional groups attached to an aromatic ring is 1. The third-order valence-electron chi connectivity index (χ3n) is 3.72. The van der Waals surface area contributed by atoms with Gasteiger partial charge in [-0.15, -0.1) is 11.8 Å². The molecule has 2 aliphatic rings. The Morgan fingerprint density at radius 2 is 2.26 bits per heavy atom. The lowest BCUT2D eigenvalue weighted by Gasteiger charge is -2.21. The van der Waals surface area contributed by atoms with Gasteiger partial charge in [-0.25, -0.2) is 0 Å². The molecule has 0 saturated carbocycles. The number of fused-ring (bicyclic) bond motifs is 1. The number of carbonyl (C=O) groups is 1. The molecule has 2 aliphatic heterocycles. The number of nitrogens with one attached hydrogen (secondary N) is 1. The van der Waals surface area contributed by atoms with Crippen molar-refractivity contribution in [2.75, 3.05) is 17.7 Å². The zero-order chi connectivity index (χ0) is 13.4. The molecule has 5 heteroatoms. The fourth-order valence-corrected chi connectivity index (χ4v) is 3.75. The van der Waals surface area contributed by atoms with E-state index < -0.39 is 0 Å². The predicted octanol–water partition coefficient (Wildman–Crippen LogP) is 2.42. The van der Waals surface area contributed by atoms with Crippen LogP contribution in [0, 0.1) is 0 Å². The van der Waals surface area contributed by atoms with Crippen molar-refractivity contribution in [3.63, 3.8) is 0 Å². The first-order valence-corrected chi connectivity index (χ1v) is 7.52. The largest absolute Gasteiger partial charge is 0.398 e. The Bertz CT molecular complexity index is 518. The van der Waals surface area contributed by atoms with Gasteiger partial charge in [-0.1, -0.05) is 0 Å². The summed E-state index contributed by atoms with van der Waals surface area (Å²) in [7, 11) is 0. The van der Waals surface area contributed by atoms with Crippen LogP contribution in [0.3, 0.4) is 0 Å². The summed E-state index contributed by atoms with van der Waals surface area (Å²) in [6, 6.07) is 4.01. The van der Waals surface area contributed by atoms with Crippen molar-refractivity contribution in [2.45, 2.75) is 42.4 Å². The fraction of sp³-hybridized carbons (Fsp3) is 0.500. The second-order valence-electron chi connectivity index (χ2n) is 5.12. The van der Waals surface area contributed by atoms with Crippen LogP contribution in [0.5, 0.6) is 0 Å². The van der Waals surface area contributed by atoms with Crippen LogP contribution in [0.25, 0.3) is 0 Å². The molecule has 0 bridgehead atoms. The van der Waals surface area contributed by atoms with Crippen molar-refractivity contribution in [1.29, 1.82) is 0 Å². The Kier molecular flexibility index (Phi) is 3.41. The lowest BCUT2D eigenvalue weighted by molar-refractivity contribution is -0.116. The number of hydrogen-bond donors (Lipinski definition) is 2. The highest BCUT2D eigenvalue weighted by Gasteiger charge is 2.26. The van der Waals surface area contributed by atoms with E-state index in [-0.39, 0.29) is 12.0 Å². The number of thioether (sulfide) groups is 1. The van der Waals surface area contributed by atoms with Crippen molar-refractivity contribution >= 4 is 29.0 Å². The van der Waals surface area contributed by atoms with E-state index in [2.05, 4.69) is 12.2 Å². The molecule has 0 radical (unpaired) electrons. The first-order chi connectivity index (χ1) is 9.13. The number of aryl methyl sites for hydroxylation is 1. The Hall–Kier alpha value is -1.20. The first-order valence-electron chi connectivity index (χ1n) is 6.64. The molecule has 1 aromatic rings. The van der Waals surface area contributed by atoms with Gasteiger partial charge in [0.2, 0.25) is 5.91 Å². The molecule has 1 aromatic carbocycles. The Morgan fingerprint density at radius 3 is 3.00 bits per heavy atom. The lowest BCUT2D eigenvalue weighted by atomic mass is 10.0. The van der Waals surface area contributed by atoms with Crippen molar-refractivity contribution < 1.29 is 9.53 Å². The molecular formula is C14H18N2O2S. The zero-order valence-corrected chi connectivity index (χ0v) is 11.8. The number of amides is 1. The number of ether oxygens (including phenoxy) is 1. The standard InChI is InChI=1S/C14H18N2O2S/c1-8-12(4-5-18-8)19-13-7-11-9(6-10(13)15)2-3-14(17)16-11/h6-8,12H,2-5,15H2,1H3,(H,16,17). The topological polar surface area (TPSA) is 64.3 Å². The maximum atomic E-state index is 11.4. The number of rotatable bonds is 2. The number of hydrogen-bond acceptors (Lipinski definition) is 4. The number of benzene rings is 1. The quantitative estimate of drug-likeness (QED) is 0.815. The molecule has 3 N–H and O–H groups in total. The highest BCUT2D eigenvalue weighted by atomic mass is 32.2. The molecule has 4 nitrogen and oxygen atoms in total. The molecule has 2 heterocycles. The molecule has 1 fully saturated rings. The average molecular weight is 278 g/mol. The normalized spacial score (nSPS) is 26.1. The van der Waals surface area contributed by atoms with Gasteiger partial charge >= 0.3 is 0 Å². The number of carbonyl (C=O) groups excluding carboxylic acids is 1. The summed E-state index contributed by atoms with van der Waals surface area (Å²) in [5.41, 5.74) is 8.99. The molecule has 2 atom stereocenters. The Morgan fingerprint density at radius 1 is 1.42 bits per heavy atom. The lowest BCUT2D eigenvalue weighted by Crippen LogP contribution is -2.19. The average Bonchev–Trinajstić information content (AvgIpc) is 2.77. The van der Waals surface area contributed by atoms with Crippen LogP contribution in [0.2, 0.25) is 0 Å². The first kappa shape index (κ1) is 12.8. The van der Waals surface area contributed by atoms with Gasteiger partial charge in [0.25, 0.3) is 0 Å². The van der Waals surface area contributed by atoms with Crippen molar-refractivity contribution in [1.82, 2.24) is 0 Å². The summed E-state index contributed by atoms with van der Waals surface area (Å²) in [5.74, 6) is 0.0887. The maximum absolute atomic E-state index is 11.4. The maximum Gasteiger partial charge on any atom is 0.224 e. The highest BCUT2D eigenvalue weighted by Crippen LogP contribution is 2.39. The van der Waals surface area contributed by atoms with Crippen LogP contribution in [-0.4, -0.2) is 23.9 Å². The third-order valence-corrected chi connectivity index (χ3v) is 5.25. The van der Waals surface area contributed by atoms with Crippen LogP contribution in [0.15, 0.2) is 17.0 Å². The monoisotopic (exact) mass is 278 g/mol. The highest BCUT2D eigenvalue weighted by molar-refractivity contribution is 8.00. The summed E-state index contributed by atoms with van der Waals surface area (Å²) >= 11 is 1.76. The summed E-state index contributed by atoms with van der Waals surface area (Å²) in [4.78, 5) is 12.5. The van der Waals surface area contributed by atoms with Gasteiger partial charge in [-0.2, -0.15) is 0 Å². The van der Waals surface area contributed by atoms with E-state index in [1.54, 1.807) is 11.8 Å². The van der Waals surface area contributed by atoms with Crippen LogP contribution in [0.1, 0.15) is 25.3 Å². The van der Waals surface area contributed by atoms with E-state index in [1.165, 1.54) is 0 Å². The number of anilines is 2. The van der Waals surface area contributed by atoms with Gasteiger partial charge < -0.3 is 15.8 Å². The molecule has 1 amide bonds. The molecule has 0 aliphatic carbocycles. The molecule has 102 valence electrons. The SMILES string of the molecule is CC1OCCC1Sc1cc2c(cc1N)CCC(=O)N2. The smallest absolute Gasteiger partial charge is 0.224 e. The molecule has 1 saturated heterocycles. The molecule has 0 spiro atoms. The van der Waals surface area contributed by atoms with E-state index in [0.29, 0.717) is 11.7 Å². The third kappa shape index (κ3) is 2.58. The van der Waals surface area contributed by atoms with Crippen molar-refractivity contribution in [2.24, 2.45) is 0 Å². The number of nitrogens with two attached hydrogens (primary N) is 1. The van der Waals surface area contributed by atoms with Crippen molar-refractivity contribution in [3.05, 3.63) is 17.7 Å². The Labute approximate surface area is 117 Å². The van der Waals surface area contributed by atoms with E-state index in [1.807, 2.05) is 12.1 Å². The molecular weight excluding hydrogens is 260 g/mol. The van der Waals surface area contributed by atoms with Crippen LogP contribution in [0.4, 0.5) is 11.4 Å². The molecule has 0 aromatic heterocycles. The fourth-order valence-electron chi connectivity index (χ4n) is 2.56. The van der Waals surface area contributed by atoms with Crippen LogP contribution < -0.4 is 11.1 Å². The predicted molar refractivity (Wildman–Crippen MR) is 77.5 cm³/mol. The van der Waals surface area contributed by atoms with Crippen LogP contribution in [-0.2, 0) is 16.0 Å². The van der Waals surface area contributed by atoms with E-state index in [9.17, 15) is 4.79 Å². The minimum absolute atomic E-state index is 0.0887. The summed E-state index contributed by atoms with van der Waals surface area (Å²) in [6.45, 7) is 2.92. The van der Waals surface area contributed by atoms with Gasteiger partial charge in [-0.05, 0) is 37.5 Å². The summed E-state index contributed by atoms with van der Waals surface area (Å²) in [5, 5.41) is 3.37. The van der Waals surface area contributed by atoms with Gasteiger partial charge in [0, 0.05) is 34.5 Å². The van der Waals surface area contributed by atoms with Gasteiger partial charge in [0.15, 0.2) is 0 Å². The van der Waals surface area contributed by atoms with E-state index in [0.717, 1.165) is 41.3 Å². The Balaban J connectivity index is 1.85. The minimum Gasteiger partial charge on any atom is -0.398 e. The van der Waals surface area contributed by atoms with Crippen LogP contribution >= 0.6 is 11.8 Å². The molecule has 2 unspecified atom stereocenters. The molecule has 19 heavy (non-hydrogen) atoms. The van der Waals surface area contributed by atoms with Gasteiger partial charge in [-0.3, -0.25) is 4.79 Å². The van der Waals surface area contributed by atoms with Gasteiger partial charge in [0.1, 0.15) is 0 Å². The van der Waals surface area contributed by atoms with Gasteiger partial charge in [0.05, 0.1) is 6.10 Å². The van der Waals surface area contributed by atoms with E-state index in [4.69, 9.17) is 10.5 Å². The van der Waals surface area contributed by atoms with Crippen molar-refractivity contribution in [3.8, 4) is 0 Å². The minimum atomic E-state index is 0.0887. The second kappa shape index (κ2) is 5.06. The summed E-state index contributed by atoms with van der Waals surface area (Å²) < 4.78 is 5.58. The zero-order valence-electron chi connectivity index (χ0n) is 10.9. The second-order valence-corrected chi connectivity index (χ2v) is 6.40. The molecule has 3 rings (SSSR count). The van der Waals surface area contributed by atoms with E-state index >= 15 is 0 Å². The summed E-state index contributed by atoms with van der Waals surface area (Å²) in [6.07, 6.45) is 2.63.